The van der Waals surface area contributed by atoms with E-state index in [9.17, 15) is 25.2 Å². The van der Waals surface area contributed by atoms with Crippen LogP contribution in [0.15, 0.2) is 54.6 Å². The minimum absolute atomic E-state index is 0.0901. The van der Waals surface area contributed by atoms with Crippen molar-refractivity contribution in [3.63, 3.8) is 0 Å². The molecular weight excluding hydrogens is 668 g/mol. The summed E-state index contributed by atoms with van der Waals surface area (Å²) >= 11 is 5.81. The molecule has 50 heavy (non-hydrogen) atoms. The van der Waals surface area contributed by atoms with Crippen LogP contribution in [-0.2, 0) is 12.8 Å². The highest BCUT2D eigenvalue weighted by Crippen LogP contribution is 2.18. The lowest BCUT2D eigenvalue weighted by atomic mass is 10.0. The fraction of sp³-hybridized carbons (Fsp3) is 0.471. The average Bonchev–Trinajstić information content (AvgIpc) is 3.10. The lowest BCUT2D eigenvalue weighted by molar-refractivity contribution is -0.0668. The minimum atomic E-state index is -1.39. The van der Waals surface area contributed by atoms with Crippen molar-refractivity contribution in [1.82, 2.24) is 25.5 Å². The molecule has 0 saturated carbocycles. The van der Waals surface area contributed by atoms with Crippen molar-refractivity contribution in [2.75, 3.05) is 50.9 Å². The molecule has 1 heterocycles. The van der Waals surface area contributed by atoms with Gasteiger partial charge in [0.15, 0.2) is 28.4 Å². The molecule has 16 heteroatoms. The number of nitrogen functional groups attached to an aromatic ring is 2. The number of aryl methyl sites for hydroxylation is 2. The predicted octanol–water partition coefficient (Wildman–Crippen LogP) is 0.711. The second-order valence-electron chi connectivity index (χ2n) is 11.9. The predicted molar refractivity (Wildman–Crippen MR) is 191 cm³/mol. The fourth-order valence-corrected chi connectivity index (χ4v) is 5.18. The maximum Gasteiger partial charge on any atom is 0.280 e. The van der Waals surface area contributed by atoms with E-state index in [-0.39, 0.29) is 41.4 Å². The highest BCUT2D eigenvalue weighted by molar-refractivity contribution is 6.31. The number of aromatic nitrogens is 2. The van der Waals surface area contributed by atoms with Crippen molar-refractivity contribution in [3.8, 4) is 5.75 Å². The number of aliphatic hydroxyl groups excluding tert-OH is 5. The second kappa shape index (κ2) is 21.2. The van der Waals surface area contributed by atoms with E-state index in [1.54, 1.807) is 0 Å². The first-order valence-electron chi connectivity index (χ1n) is 16.5. The van der Waals surface area contributed by atoms with Gasteiger partial charge in [-0.15, -0.1) is 0 Å². The molecule has 0 fully saturated rings. The smallest absolute Gasteiger partial charge is 0.280 e. The monoisotopic (exact) mass is 716 g/mol. The van der Waals surface area contributed by atoms with Gasteiger partial charge in [-0.05, 0) is 61.9 Å². The average molecular weight is 717 g/mol. The first-order valence-corrected chi connectivity index (χ1v) is 16.9. The molecule has 3 rings (SSSR count). The number of rotatable bonds is 21. The van der Waals surface area contributed by atoms with Gasteiger partial charge in [-0.1, -0.05) is 54.1 Å². The van der Waals surface area contributed by atoms with Gasteiger partial charge in [-0.3, -0.25) is 20.4 Å². The third kappa shape index (κ3) is 14.0. The van der Waals surface area contributed by atoms with Gasteiger partial charge in [-0.2, -0.15) is 0 Å². The maximum absolute atomic E-state index is 12.3. The molecule has 15 nitrogen and oxygen atoms in total. The zero-order valence-electron chi connectivity index (χ0n) is 27.9. The molecule has 2 aromatic carbocycles. The number of anilines is 2. The number of carbonyl (C=O) groups excluding carboxylic acids is 1. The van der Waals surface area contributed by atoms with Gasteiger partial charge in [-0.25, -0.2) is 9.97 Å². The normalized spacial score (nSPS) is 13.7. The van der Waals surface area contributed by atoms with Crippen LogP contribution >= 0.6 is 11.6 Å². The standard InChI is InChI=1S/C34H49ClN8O7/c35-30-32(37)41-31(36)29(40-30)33(49)42-34(38)39-15-5-4-9-23-11-13-24(14-12-23)50-18-17-43(16-6-10-22-7-2-1-3-8-22)20-27(47)25(45)19-26(46)28(48)21-44/h1-3,7-8,11-14,25-28,44-48H,4-6,9-10,15-21H2,(H4,36,37,41)(H3,38,39,42,49)/t25-,26-,27-,28+/m0/s1. The van der Waals surface area contributed by atoms with E-state index in [0.717, 1.165) is 37.7 Å². The van der Waals surface area contributed by atoms with Crippen molar-refractivity contribution in [3.05, 3.63) is 76.6 Å². The van der Waals surface area contributed by atoms with E-state index in [1.807, 2.05) is 47.4 Å². The van der Waals surface area contributed by atoms with Gasteiger partial charge in [0.2, 0.25) is 0 Å². The quantitative estimate of drug-likeness (QED) is 0.0415. The number of hydrogen-bond donors (Lipinski definition) is 10. The van der Waals surface area contributed by atoms with Crippen molar-refractivity contribution in [2.24, 2.45) is 0 Å². The Morgan fingerprint density at radius 2 is 1.52 bits per heavy atom. The summed E-state index contributed by atoms with van der Waals surface area (Å²) in [6.45, 7) is 1.43. The summed E-state index contributed by atoms with van der Waals surface area (Å²) in [5, 5.41) is 62.6. The van der Waals surface area contributed by atoms with Crippen LogP contribution in [0.3, 0.4) is 0 Å². The maximum atomic E-state index is 12.3. The molecule has 1 aromatic heterocycles. The summed E-state index contributed by atoms with van der Waals surface area (Å²) in [5.74, 6) is -0.516. The second-order valence-corrected chi connectivity index (χ2v) is 12.3. The van der Waals surface area contributed by atoms with Crippen molar-refractivity contribution in [2.45, 2.75) is 62.9 Å². The van der Waals surface area contributed by atoms with Crippen molar-refractivity contribution in [1.29, 1.82) is 5.41 Å². The molecule has 0 saturated heterocycles. The van der Waals surface area contributed by atoms with E-state index in [0.29, 0.717) is 32.0 Å². The molecule has 1 amide bonds. The molecule has 0 unspecified atom stereocenters. The van der Waals surface area contributed by atoms with Gasteiger partial charge in [0, 0.05) is 26.1 Å². The lowest BCUT2D eigenvalue weighted by Gasteiger charge is -2.28. The summed E-state index contributed by atoms with van der Waals surface area (Å²) in [6.07, 6.45) is -1.42. The molecule has 0 aliphatic heterocycles. The number of nitrogens with one attached hydrogen (secondary N) is 3. The Morgan fingerprint density at radius 1 is 0.860 bits per heavy atom. The largest absolute Gasteiger partial charge is 0.492 e. The summed E-state index contributed by atoms with van der Waals surface area (Å²) in [5.41, 5.74) is 13.3. The first kappa shape index (κ1) is 40.3. The van der Waals surface area contributed by atoms with Crippen LogP contribution in [0, 0.1) is 5.41 Å². The van der Waals surface area contributed by atoms with Crippen LogP contribution in [0.25, 0.3) is 0 Å². The number of nitrogens with two attached hydrogens (primary N) is 2. The van der Waals surface area contributed by atoms with Gasteiger partial charge in [0.25, 0.3) is 5.91 Å². The SMILES string of the molecule is N=C(NCCCCc1ccc(OCCN(CCCc2ccccc2)C[C@H](O)[C@@H](O)C[C@H](O)[C@H](O)CO)cc1)NC(=O)c1nc(Cl)c(N)nc1N. The Morgan fingerprint density at radius 3 is 2.22 bits per heavy atom. The topological polar surface area (TPSA) is 256 Å². The number of benzene rings is 2. The number of halogens is 1. The highest BCUT2D eigenvalue weighted by Gasteiger charge is 2.26. The Kier molecular flexibility index (Phi) is 17.1. The van der Waals surface area contributed by atoms with E-state index in [1.165, 1.54) is 5.56 Å². The highest BCUT2D eigenvalue weighted by atomic mass is 35.5. The van der Waals surface area contributed by atoms with Crippen LogP contribution < -0.4 is 26.8 Å². The van der Waals surface area contributed by atoms with Crippen LogP contribution in [0.2, 0.25) is 5.15 Å². The Labute approximate surface area is 296 Å². The number of carbonyl (C=O) groups is 1. The number of ether oxygens (including phenoxy) is 1. The lowest BCUT2D eigenvalue weighted by Crippen LogP contribution is -2.44. The molecule has 0 radical (unpaired) electrons. The van der Waals surface area contributed by atoms with E-state index >= 15 is 0 Å². The van der Waals surface area contributed by atoms with Crippen molar-refractivity contribution >= 4 is 35.1 Å². The molecule has 12 N–H and O–H groups in total. The Bertz CT molecular complexity index is 1470. The van der Waals surface area contributed by atoms with Gasteiger partial charge in [0.05, 0.1) is 24.9 Å². The molecule has 3 aromatic rings. The fourth-order valence-electron chi connectivity index (χ4n) is 5.05. The van der Waals surface area contributed by atoms with Crippen LogP contribution in [-0.4, -0.2) is 116 Å². The van der Waals surface area contributed by atoms with Crippen LogP contribution in [0.1, 0.15) is 47.3 Å². The van der Waals surface area contributed by atoms with E-state index in [2.05, 4.69) is 32.7 Å². The van der Waals surface area contributed by atoms with Crippen molar-refractivity contribution < 1.29 is 35.1 Å². The zero-order valence-corrected chi connectivity index (χ0v) is 28.7. The van der Waals surface area contributed by atoms with E-state index in [4.69, 9.17) is 38.3 Å². The van der Waals surface area contributed by atoms with Gasteiger partial charge in [0.1, 0.15) is 18.5 Å². The number of hydrogen-bond acceptors (Lipinski definition) is 13. The Balaban J connectivity index is 1.39. The van der Waals surface area contributed by atoms with Crippen LogP contribution in [0.5, 0.6) is 5.75 Å². The third-order valence-corrected chi connectivity index (χ3v) is 8.22. The molecule has 0 aliphatic carbocycles. The number of unbranched alkanes of at least 4 members (excludes halogenated alkanes) is 1. The first-order chi connectivity index (χ1) is 24.0. The number of guanidine groups is 1. The number of amides is 1. The number of aliphatic hydroxyl groups is 5. The molecule has 0 bridgehead atoms. The van der Waals surface area contributed by atoms with Crippen LogP contribution in [0.4, 0.5) is 11.6 Å². The summed E-state index contributed by atoms with van der Waals surface area (Å²) < 4.78 is 5.98. The van der Waals surface area contributed by atoms with Gasteiger partial charge < -0.3 is 47.1 Å². The molecule has 0 spiro atoms. The minimum Gasteiger partial charge on any atom is -0.492 e. The van der Waals surface area contributed by atoms with E-state index < -0.39 is 36.9 Å². The van der Waals surface area contributed by atoms with Gasteiger partial charge >= 0.3 is 0 Å². The number of nitrogens with zero attached hydrogens (tertiary/aromatic N) is 3. The molecule has 4 atom stereocenters. The summed E-state index contributed by atoms with van der Waals surface area (Å²) in [7, 11) is 0. The molecule has 274 valence electrons. The Hall–Kier alpha value is -4.09. The third-order valence-electron chi connectivity index (χ3n) is 7.94. The zero-order chi connectivity index (χ0) is 36.5. The summed E-state index contributed by atoms with van der Waals surface area (Å²) in [4.78, 5) is 21.9. The molecular formula is C34H49ClN8O7. The summed E-state index contributed by atoms with van der Waals surface area (Å²) in [6, 6.07) is 17.8. The molecule has 0 aliphatic rings.